The molecule has 0 saturated heterocycles. The lowest BCUT2D eigenvalue weighted by Crippen LogP contribution is -2.45. The number of hydrogen-bond donors (Lipinski definition) is 1. The molecule has 0 unspecified atom stereocenters. The van der Waals surface area contributed by atoms with Crippen LogP contribution in [0.1, 0.15) is 47.1 Å². The van der Waals surface area contributed by atoms with Gasteiger partial charge in [-0.15, -0.1) is 0 Å². The number of rotatable bonds is 8. The predicted octanol–water partition coefficient (Wildman–Crippen LogP) is 4.10. The molecule has 0 heterocycles. The second-order valence-electron chi connectivity index (χ2n) is 7.51. The highest BCUT2D eigenvalue weighted by atomic mass is 16.6. The first-order chi connectivity index (χ1) is 12.6. The molecule has 27 heavy (non-hydrogen) atoms. The molecule has 0 aliphatic carbocycles. The van der Waals surface area contributed by atoms with Gasteiger partial charge in [-0.1, -0.05) is 56.3 Å². The number of carbonyl (C=O) groups excluding carboxylic acids is 2. The number of benzene rings is 1. The van der Waals surface area contributed by atoms with Gasteiger partial charge in [0.25, 0.3) is 0 Å². The van der Waals surface area contributed by atoms with Gasteiger partial charge >= 0.3 is 11.9 Å². The molecule has 1 aromatic carbocycles. The van der Waals surface area contributed by atoms with Gasteiger partial charge in [0.05, 0.1) is 0 Å². The second kappa shape index (κ2) is 10.6. The Morgan fingerprint density at radius 1 is 1.15 bits per heavy atom. The molecule has 0 aliphatic heterocycles. The van der Waals surface area contributed by atoms with Crippen molar-refractivity contribution in [1.29, 1.82) is 0 Å². The van der Waals surface area contributed by atoms with E-state index in [1.807, 2.05) is 71.0 Å². The molecule has 148 valence electrons. The van der Waals surface area contributed by atoms with E-state index < -0.39 is 23.6 Å². The normalized spacial score (nSPS) is 13.5. The average molecular weight is 373 g/mol. The standard InChI is InChI=1S/C22H31NO4/c1-7-18(23-19(16(2)3)21(25)27-22(4,5)6)20(24)26-15-11-14-17-12-9-8-10-13-17/h7-14,16,19,23H,15H2,1-6H3/b14-11?,18-7-/t19-/m0/s1. The first-order valence-corrected chi connectivity index (χ1v) is 9.18. The average Bonchev–Trinajstić information content (AvgIpc) is 2.58. The van der Waals surface area contributed by atoms with Crippen molar-refractivity contribution >= 4 is 18.0 Å². The largest absolute Gasteiger partial charge is 0.458 e. The van der Waals surface area contributed by atoms with Crippen molar-refractivity contribution in [1.82, 2.24) is 5.32 Å². The molecule has 0 fully saturated rings. The van der Waals surface area contributed by atoms with Crippen LogP contribution < -0.4 is 5.32 Å². The number of nitrogens with one attached hydrogen (secondary N) is 1. The van der Waals surface area contributed by atoms with Crippen molar-refractivity contribution in [2.75, 3.05) is 6.61 Å². The van der Waals surface area contributed by atoms with Crippen molar-refractivity contribution in [2.24, 2.45) is 5.92 Å². The van der Waals surface area contributed by atoms with E-state index in [4.69, 9.17) is 9.47 Å². The van der Waals surface area contributed by atoms with Crippen molar-refractivity contribution in [3.05, 3.63) is 53.7 Å². The van der Waals surface area contributed by atoms with E-state index in [1.54, 1.807) is 19.1 Å². The zero-order chi connectivity index (χ0) is 20.4. The third kappa shape index (κ3) is 8.58. The molecule has 0 amide bonds. The molecule has 0 aromatic heterocycles. The van der Waals surface area contributed by atoms with Crippen LogP contribution in [-0.2, 0) is 19.1 Å². The van der Waals surface area contributed by atoms with Crippen LogP contribution in [-0.4, -0.2) is 30.2 Å². The molecule has 5 heteroatoms. The van der Waals surface area contributed by atoms with Gasteiger partial charge in [-0.25, -0.2) is 9.59 Å². The molecule has 0 saturated carbocycles. The van der Waals surface area contributed by atoms with Crippen molar-refractivity contribution in [2.45, 2.75) is 53.2 Å². The van der Waals surface area contributed by atoms with E-state index in [0.29, 0.717) is 0 Å². The monoisotopic (exact) mass is 373 g/mol. The smallest absolute Gasteiger partial charge is 0.354 e. The Hall–Kier alpha value is -2.56. The van der Waals surface area contributed by atoms with E-state index in [-0.39, 0.29) is 18.2 Å². The van der Waals surface area contributed by atoms with Crippen LogP contribution >= 0.6 is 0 Å². The van der Waals surface area contributed by atoms with E-state index in [0.717, 1.165) is 5.56 Å². The number of ether oxygens (including phenoxy) is 2. The molecule has 1 rings (SSSR count). The van der Waals surface area contributed by atoms with E-state index >= 15 is 0 Å². The Balaban J connectivity index is 2.65. The number of allylic oxidation sites excluding steroid dienone is 1. The zero-order valence-electron chi connectivity index (χ0n) is 17.1. The summed E-state index contributed by atoms with van der Waals surface area (Å²) in [5.74, 6) is -0.960. The fourth-order valence-electron chi connectivity index (χ4n) is 2.24. The van der Waals surface area contributed by atoms with Gasteiger partial charge in [0.15, 0.2) is 0 Å². The molecule has 1 aromatic rings. The fourth-order valence-corrected chi connectivity index (χ4v) is 2.24. The topological polar surface area (TPSA) is 64.6 Å². The highest BCUT2D eigenvalue weighted by molar-refractivity contribution is 5.89. The third-order valence-corrected chi connectivity index (χ3v) is 3.57. The summed E-state index contributed by atoms with van der Waals surface area (Å²) in [4.78, 5) is 24.7. The summed E-state index contributed by atoms with van der Waals surface area (Å²) in [6, 6.07) is 9.11. The van der Waals surface area contributed by atoms with Crippen LogP contribution in [0.15, 0.2) is 48.2 Å². The highest BCUT2D eigenvalue weighted by Crippen LogP contribution is 2.14. The minimum Gasteiger partial charge on any atom is -0.458 e. The second-order valence-corrected chi connectivity index (χ2v) is 7.51. The number of hydrogen-bond acceptors (Lipinski definition) is 5. The van der Waals surface area contributed by atoms with Crippen LogP contribution in [0.2, 0.25) is 0 Å². The van der Waals surface area contributed by atoms with Crippen LogP contribution in [0.3, 0.4) is 0 Å². The summed E-state index contributed by atoms with van der Waals surface area (Å²) >= 11 is 0. The Labute approximate surface area is 162 Å². The molecular weight excluding hydrogens is 342 g/mol. The molecule has 1 atom stereocenters. The summed E-state index contributed by atoms with van der Waals surface area (Å²) in [6.45, 7) is 11.1. The molecular formula is C22H31NO4. The van der Waals surface area contributed by atoms with Gasteiger partial charge in [0.2, 0.25) is 0 Å². The lowest BCUT2D eigenvalue weighted by Gasteiger charge is -2.27. The summed E-state index contributed by atoms with van der Waals surface area (Å²) in [6.07, 6.45) is 5.25. The van der Waals surface area contributed by atoms with Crippen LogP contribution in [0.4, 0.5) is 0 Å². The van der Waals surface area contributed by atoms with Crippen molar-refractivity contribution in [3.8, 4) is 0 Å². The van der Waals surface area contributed by atoms with E-state index in [9.17, 15) is 9.59 Å². The first-order valence-electron chi connectivity index (χ1n) is 9.18. The first kappa shape index (κ1) is 22.5. The van der Waals surface area contributed by atoms with Crippen molar-refractivity contribution in [3.63, 3.8) is 0 Å². The van der Waals surface area contributed by atoms with Gasteiger partial charge in [0, 0.05) is 0 Å². The lowest BCUT2D eigenvalue weighted by atomic mass is 10.0. The van der Waals surface area contributed by atoms with E-state index in [2.05, 4.69) is 5.32 Å². The highest BCUT2D eigenvalue weighted by Gasteiger charge is 2.29. The van der Waals surface area contributed by atoms with Gasteiger partial charge < -0.3 is 14.8 Å². The lowest BCUT2D eigenvalue weighted by molar-refractivity contribution is -0.158. The molecule has 1 N–H and O–H groups in total. The summed E-state index contributed by atoms with van der Waals surface area (Å²) in [7, 11) is 0. The Morgan fingerprint density at radius 3 is 2.30 bits per heavy atom. The third-order valence-electron chi connectivity index (χ3n) is 3.57. The maximum Gasteiger partial charge on any atom is 0.354 e. The van der Waals surface area contributed by atoms with Gasteiger partial charge in [-0.2, -0.15) is 0 Å². The van der Waals surface area contributed by atoms with Gasteiger partial charge in [-0.05, 0) is 45.3 Å². The minimum atomic E-state index is -0.636. The van der Waals surface area contributed by atoms with Crippen LogP contribution in [0.5, 0.6) is 0 Å². The zero-order valence-corrected chi connectivity index (χ0v) is 17.1. The van der Waals surface area contributed by atoms with Crippen molar-refractivity contribution < 1.29 is 19.1 Å². The minimum absolute atomic E-state index is 0.0550. The Bertz CT molecular complexity index is 669. The van der Waals surface area contributed by atoms with E-state index in [1.165, 1.54) is 0 Å². The number of esters is 2. The summed E-state index contributed by atoms with van der Waals surface area (Å²) in [5, 5.41) is 2.97. The molecule has 0 spiro atoms. The van der Waals surface area contributed by atoms with Gasteiger partial charge in [0.1, 0.15) is 23.9 Å². The van der Waals surface area contributed by atoms with Crippen LogP contribution in [0.25, 0.3) is 6.08 Å². The SMILES string of the molecule is C/C=C(\N[C@H](C(=O)OC(C)(C)C)C(C)C)C(=O)OCC=Cc1ccccc1. The number of carbonyl (C=O) groups is 2. The Kier molecular flexibility index (Phi) is 8.79. The molecule has 0 bridgehead atoms. The van der Waals surface area contributed by atoms with Gasteiger partial charge in [-0.3, -0.25) is 0 Å². The maximum absolute atomic E-state index is 12.4. The Morgan fingerprint density at radius 2 is 1.78 bits per heavy atom. The fraction of sp³-hybridized carbons (Fsp3) is 0.455. The molecule has 5 nitrogen and oxygen atoms in total. The quantitative estimate of drug-likeness (QED) is 0.549. The predicted molar refractivity (Wildman–Crippen MR) is 108 cm³/mol. The summed E-state index contributed by atoms with van der Waals surface area (Å²) in [5.41, 5.74) is 0.681. The molecule has 0 aliphatic rings. The molecule has 0 radical (unpaired) electrons. The van der Waals surface area contributed by atoms with Crippen LogP contribution in [0, 0.1) is 5.92 Å². The maximum atomic E-state index is 12.4. The summed E-state index contributed by atoms with van der Waals surface area (Å²) < 4.78 is 10.7.